The van der Waals surface area contributed by atoms with Crippen LogP contribution in [0.25, 0.3) is 0 Å². The second-order valence-electron chi connectivity index (χ2n) is 4.49. The Morgan fingerprint density at radius 2 is 2.27 bits per heavy atom. The fraction of sp³-hybridized carbons (Fsp3) is 0.818. The minimum absolute atomic E-state index is 0.820. The molecular weight excluding hydrogens is 188 g/mol. The third-order valence-electron chi connectivity index (χ3n) is 3.35. The maximum absolute atomic E-state index is 4.14. The summed E-state index contributed by atoms with van der Waals surface area (Å²) in [7, 11) is 1.92. The quantitative estimate of drug-likeness (QED) is 0.785. The molecule has 1 saturated carbocycles. The van der Waals surface area contributed by atoms with Gasteiger partial charge in [0.25, 0.3) is 0 Å². The van der Waals surface area contributed by atoms with Crippen molar-refractivity contribution in [2.24, 2.45) is 18.9 Å². The van der Waals surface area contributed by atoms with Crippen LogP contribution in [-0.2, 0) is 13.5 Å². The molecule has 15 heavy (non-hydrogen) atoms. The maximum atomic E-state index is 4.14. The van der Waals surface area contributed by atoms with Gasteiger partial charge in [0.2, 0.25) is 0 Å². The van der Waals surface area contributed by atoms with Gasteiger partial charge in [-0.15, -0.1) is 5.10 Å². The fourth-order valence-electron chi connectivity index (χ4n) is 2.26. The fourth-order valence-corrected chi connectivity index (χ4v) is 2.26. The zero-order valence-electron chi connectivity index (χ0n) is 9.61. The highest BCUT2D eigenvalue weighted by Gasteiger charge is 2.30. The van der Waals surface area contributed by atoms with E-state index in [1.165, 1.54) is 19.4 Å². The minimum atomic E-state index is 0.820. The van der Waals surface area contributed by atoms with Gasteiger partial charge < -0.3 is 5.32 Å². The van der Waals surface area contributed by atoms with E-state index in [9.17, 15) is 0 Å². The number of nitrogens with one attached hydrogen (secondary N) is 1. The van der Waals surface area contributed by atoms with Crippen LogP contribution in [0.4, 0.5) is 0 Å². The highest BCUT2D eigenvalue weighted by molar-refractivity contribution is 4.98. The van der Waals surface area contributed by atoms with Gasteiger partial charge in [-0.3, -0.25) is 4.68 Å². The largest absolute Gasteiger partial charge is 0.317 e. The third-order valence-corrected chi connectivity index (χ3v) is 3.35. The van der Waals surface area contributed by atoms with Crippen LogP contribution in [-0.4, -0.2) is 28.1 Å². The standard InChI is InChI=1S/C11H20N4/c1-3-12-7-10-5-4-9(10)6-11-8-15(2)14-13-11/h8-10,12H,3-7H2,1-2H3. The molecule has 0 spiro atoms. The molecule has 1 aliphatic rings. The summed E-state index contributed by atoms with van der Waals surface area (Å²) >= 11 is 0. The number of rotatable bonds is 5. The van der Waals surface area contributed by atoms with Gasteiger partial charge in [-0.25, -0.2) is 0 Å². The van der Waals surface area contributed by atoms with E-state index in [-0.39, 0.29) is 0 Å². The van der Waals surface area contributed by atoms with Crippen molar-refractivity contribution in [1.29, 1.82) is 0 Å². The lowest BCUT2D eigenvalue weighted by atomic mass is 9.71. The van der Waals surface area contributed by atoms with E-state index in [1.807, 2.05) is 13.2 Å². The predicted octanol–water partition coefficient (Wildman–Crippen LogP) is 0.993. The molecule has 4 heteroatoms. The van der Waals surface area contributed by atoms with Crippen LogP contribution in [0.1, 0.15) is 25.5 Å². The Morgan fingerprint density at radius 1 is 1.47 bits per heavy atom. The molecule has 0 bridgehead atoms. The van der Waals surface area contributed by atoms with Crippen molar-refractivity contribution in [3.8, 4) is 0 Å². The third kappa shape index (κ3) is 2.56. The van der Waals surface area contributed by atoms with E-state index in [4.69, 9.17) is 0 Å². The molecule has 1 N–H and O–H groups in total. The second kappa shape index (κ2) is 4.75. The van der Waals surface area contributed by atoms with Crippen LogP contribution in [0.15, 0.2) is 6.20 Å². The molecule has 0 radical (unpaired) electrons. The molecule has 4 nitrogen and oxygen atoms in total. The van der Waals surface area contributed by atoms with Crippen LogP contribution in [0.3, 0.4) is 0 Å². The first-order valence-corrected chi connectivity index (χ1v) is 5.85. The lowest BCUT2D eigenvalue weighted by Crippen LogP contribution is -2.36. The van der Waals surface area contributed by atoms with E-state index < -0.39 is 0 Å². The molecule has 1 fully saturated rings. The van der Waals surface area contributed by atoms with E-state index in [0.717, 1.165) is 30.5 Å². The molecule has 1 heterocycles. The topological polar surface area (TPSA) is 42.7 Å². The molecule has 2 rings (SSSR count). The zero-order chi connectivity index (χ0) is 10.7. The average molecular weight is 208 g/mol. The van der Waals surface area contributed by atoms with Crippen LogP contribution in [0.2, 0.25) is 0 Å². The molecule has 84 valence electrons. The molecule has 1 aromatic rings. The number of aromatic nitrogens is 3. The Bertz CT molecular complexity index is 307. The van der Waals surface area contributed by atoms with Crippen molar-refractivity contribution in [1.82, 2.24) is 20.3 Å². The van der Waals surface area contributed by atoms with Crippen molar-refractivity contribution in [3.05, 3.63) is 11.9 Å². The van der Waals surface area contributed by atoms with Crippen LogP contribution >= 0.6 is 0 Å². The van der Waals surface area contributed by atoms with Crippen molar-refractivity contribution in [2.45, 2.75) is 26.2 Å². The Morgan fingerprint density at radius 3 is 2.80 bits per heavy atom. The van der Waals surface area contributed by atoms with Gasteiger partial charge in [-0.2, -0.15) is 0 Å². The number of hydrogen-bond acceptors (Lipinski definition) is 3. The molecule has 0 aromatic carbocycles. The van der Waals surface area contributed by atoms with Gasteiger partial charge in [0.05, 0.1) is 5.69 Å². The zero-order valence-corrected chi connectivity index (χ0v) is 9.61. The summed E-state index contributed by atoms with van der Waals surface area (Å²) in [5, 5.41) is 11.5. The summed E-state index contributed by atoms with van der Waals surface area (Å²) in [6, 6.07) is 0. The molecular formula is C11H20N4. The average Bonchev–Trinajstić information content (AvgIpc) is 2.60. The summed E-state index contributed by atoms with van der Waals surface area (Å²) in [5.74, 6) is 1.67. The molecule has 0 aliphatic heterocycles. The van der Waals surface area contributed by atoms with Gasteiger partial charge in [0.1, 0.15) is 0 Å². The Balaban J connectivity index is 1.80. The van der Waals surface area contributed by atoms with Crippen LogP contribution in [0.5, 0.6) is 0 Å². The minimum Gasteiger partial charge on any atom is -0.317 e. The SMILES string of the molecule is CCNCC1CCC1Cc1cn(C)nn1. The molecule has 2 atom stereocenters. The van der Waals surface area contributed by atoms with Crippen LogP contribution < -0.4 is 5.32 Å². The number of aryl methyl sites for hydroxylation is 1. The normalized spacial score (nSPS) is 25.2. The molecule has 0 saturated heterocycles. The van der Waals surface area contributed by atoms with E-state index in [0.29, 0.717) is 0 Å². The highest BCUT2D eigenvalue weighted by Crippen LogP contribution is 2.35. The van der Waals surface area contributed by atoms with E-state index >= 15 is 0 Å². The molecule has 0 amide bonds. The Kier molecular flexibility index (Phi) is 3.36. The molecule has 2 unspecified atom stereocenters. The van der Waals surface area contributed by atoms with Gasteiger partial charge in [-0.1, -0.05) is 12.1 Å². The molecule has 1 aliphatic carbocycles. The van der Waals surface area contributed by atoms with Gasteiger partial charge in [0, 0.05) is 13.2 Å². The van der Waals surface area contributed by atoms with Crippen molar-refractivity contribution in [2.75, 3.05) is 13.1 Å². The lowest BCUT2D eigenvalue weighted by molar-refractivity contribution is 0.170. The van der Waals surface area contributed by atoms with E-state index in [2.05, 4.69) is 22.6 Å². The Labute approximate surface area is 91.1 Å². The number of nitrogens with zero attached hydrogens (tertiary/aromatic N) is 3. The first-order chi connectivity index (χ1) is 7.29. The van der Waals surface area contributed by atoms with Crippen molar-refractivity contribution in [3.63, 3.8) is 0 Å². The van der Waals surface area contributed by atoms with Crippen molar-refractivity contribution < 1.29 is 0 Å². The maximum Gasteiger partial charge on any atom is 0.0829 e. The second-order valence-corrected chi connectivity index (χ2v) is 4.49. The summed E-state index contributed by atoms with van der Waals surface area (Å²) < 4.78 is 1.79. The monoisotopic (exact) mass is 208 g/mol. The van der Waals surface area contributed by atoms with Gasteiger partial charge >= 0.3 is 0 Å². The summed E-state index contributed by atoms with van der Waals surface area (Å²) in [5.41, 5.74) is 1.14. The number of hydrogen-bond donors (Lipinski definition) is 1. The van der Waals surface area contributed by atoms with Crippen molar-refractivity contribution >= 4 is 0 Å². The van der Waals surface area contributed by atoms with Gasteiger partial charge in [-0.05, 0) is 44.2 Å². The summed E-state index contributed by atoms with van der Waals surface area (Å²) in [6.07, 6.45) is 5.86. The van der Waals surface area contributed by atoms with E-state index in [1.54, 1.807) is 4.68 Å². The van der Waals surface area contributed by atoms with Gasteiger partial charge in [0.15, 0.2) is 0 Å². The lowest BCUT2D eigenvalue weighted by Gasteiger charge is -2.36. The first kappa shape index (κ1) is 10.6. The highest BCUT2D eigenvalue weighted by atomic mass is 15.4. The van der Waals surface area contributed by atoms with Crippen LogP contribution in [0, 0.1) is 11.8 Å². The summed E-state index contributed by atoms with van der Waals surface area (Å²) in [4.78, 5) is 0. The Hall–Kier alpha value is -0.900. The summed E-state index contributed by atoms with van der Waals surface area (Å²) in [6.45, 7) is 4.41. The smallest absolute Gasteiger partial charge is 0.0829 e. The first-order valence-electron chi connectivity index (χ1n) is 5.85. The predicted molar refractivity (Wildman–Crippen MR) is 59.5 cm³/mol. The molecule has 1 aromatic heterocycles.